The molecule has 1 amide bonds. The fourth-order valence-electron chi connectivity index (χ4n) is 2.90. The first-order valence-electron chi connectivity index (χ1n) is 7.18. The van der Waals surface area contributed by atoms with Crippen LogP contribution in [0, 0.1) is 5.92 Å². The van der Waals surface area contributed by atoms with Crippen LogP contribution in [-0.4, -0.2) is 23.7 Å². The van der Waals surface area contributed by atoms with Crippen molar-refractivity contribution in [2.45, 2.75) is 31.8 Å². The zero-order chi connectivity index (χ0) is 13.9. The SMILES string of the molecule is O=C(NCC1CCCCC1O)c1coc2ccccc12. The fourth-order valence-corrected chi connectivity index (χ4v) is 2.90. The highest BCUT2D eigenvalue weighted by Crippen LogP contribution is 2.24. The number of hydrogen-bond donors (Lipinski definition) is 2. The minimum absolute atomic E-state index is 0.132. The van der Waals surface area contributed by atoms with Gasteiger partial charge in [0.2, 0.25) is 0 Å². The number of aliphatic hydroxyl groups excluding tert-OH is 1. The molecule has 1 aliphatic carbocycles. The Morgan fingerprint density at radius 1 is 1.30 bits per heavy atom. The number of para-hydroxylation sites is 1. The van der Waals surface area contributed by atoms with E-state index in [4.69, 9.17) is 4.42 Å². The second kappa shape index (κ2) is 5.67. The number of carbonyl (C=O) groups is 1. The number of hydrogen-bond acceptors (Lipinski definition) is 3. The van der Waals surface area contributed by atoms with Gasteiger partial charge in [0, 0.05) is 17.8 Å². The van der Waals surface area contributed by atoms with Crippen molar-refractivity contribution in [2.75, 3.05) is 6.54 Å². The maximum atomic E-state index is 12.2. The molecule has 20 heavy (non-hydrogen) atoms. The second-order valence-electron chi connectivity index (χ2n) is 5.47. The first kappa shape index (κ1) is 13.2. The standard InChI is InChI=1S/C16H19NO3/c18-14-7-3-1-5-11(14)9-17-16(19)13-10-20-15-8-4-2-6-12(13)15/h2,4,6,8,10-11,14,18H,1,3,5,7,9H2,(H,17,19). The lowest BCUT2D eigenvalue weighted by Crippen LogP contribution is -2.36. The summed E-state index contributed by atoms with van der Waals surface area (Å²) in [4.78, 5) is 12.2. The number of carbonyl (C=O) groups excluding carboxylic acids is 1. The summed E-state index contributed by atoms with van der Waals surface area (Å²) >= 11 is 0. The first-order valence-corrected chi connectivity index (χ1v) is 7.18. The summed E-state index contributed by atoms with van der Waals surface area (Å²) in [5.74, 6) is 0.0404. The summed E-state index contributed by atoms with van der Waals surface area (Å²) in [6, 6.07) is 7.49. The molecule has 2 atom stereocenters. The van der Waals surface area contributed by atoms with Crippen molar-refractivity contribution in [3.8, 4) is 0 Å². The van der Waals surface area contributed by atoms with Crippen LogP contribution >= 0.6 is 0 Å². The van der Waals surface area contributed by atoms with Crippen LogP contribution in [0.2, 0.25) is 0 Å². The van der Waals surface area contributed by atoms with E-state index in [2.05, 4.69) is 5.32 Å². The Balaban J connectivity index is 1.67. The summed E-state index contributed by atoms with van der Waals surface area (Å²) < 4.78 is 5.37. The predicted molar refractivity (Wildman–Crippen MR) is 76.5 cm³/mol. The van der Waals surface area contributed by atoms with E-state index in [1.165, 1.54) is 6.26 Å². The van der Waals surface area contributed by atoms with Gasteiger partial charge in [-0.2, -0.15) is 0 Å². The van der Waals surface area contributed by atoms with Gasteiger partial charge in [-0.1, -0.05) is 31.0 Å². The topological polar surface area (TPSA) is 62.5 Å². The van der Waals surface area contributed by atoms with E-state index in [9.17, 15) is 9.90 Å². The van der Waals surface area contributed by atoms with Gasteiger partial charge in [0.15, 0.2) is 0 Å². The Morgan fingerprint density at radius 2 is 2.10 bits per heavy atom. The Morgan fingerprint density at radius 3 is 2.95 bits per heavy atom. The third kappa shape index (κ3) is 2.56. The molecule has 106 valence electrons. The molecule has 0 radical (unpaired) electrons. The monoisotopic (exact) mass is 273 g/mol. The molecule has 1 aromatic carbocycles. The molecule has 4 heteroatoms. The number of fused-ring (bicyclic) bond motifs is 1. The Bertz CT molecular complexity index is 605. The smallest absolute Gasteiger partial charge is 0.255 e. The largest absolute Gasteiger partial charge is 0.463 e. The average molecular weight is 273 g/mol. The fraction of sp³-hybridized carbons (Fsp3) is 0.438. The van der Waals surface area contributed by atoms with Crippen molar-refractivity contribution in [3.05, 3.63) is 36.1 Å². The summed E-state index contributed by atoms with van der Waals surface area (Å²) in [6.07, 6.45) is 5.25. The molecule has 2 unspecified atom stereocenters. The molecule has 1 aliphatic rings. The van der Waals surface area contributed by atoms with Gasteiger partial charge in [-0.3, -0.25) is 4.79 Å². The number of nitrogens with one attached hydrogen (secondary N) is 1. The molecule has 1 aromatic heterocycles. The molecule has 0 spiro atoms. The van der Waals surface area contributed by atoms with E-state index < -0.39 is 0 Å². The van der Waals surface area contributed by atoms with Gasteiger partial charge in [0.05, 0.1) is 11.7 Å². The van der Waals surface area contributed by atoms with Crippen LogP contribution in [0.3, 0.4) is 0 Å². The second-order valence-corrected chi connectivity index (χ2v) is 5.47. The van der Waals surface area contributed by atoms with Crippen LogP contribution in [0.15, 0.2) is 34.9 Å². The van der Waals surface area contributed by atoms with Crippen molar-refractivity contribution >= 4 is 16.9 Å². The van der Waals surface area contributed by atoms with E-state index in [0.717, 1.165) is 36.7 Å². The van der Waals surface area contributed by atoms with Gasteiger partial charge in [0.25, 0.3) is 5.91 Å². The molecule has 3 rings (SSSR count). The first-order chi connectivity index (χ1) is 9.75. The molecule has 2 aromatic rings. The predicted octanol–water partition coefficient (Wildman–Crippen LogP) is 2.71. The van der Waals surface area contributed by atoms with Crippen LogP contribution in [0.25, 0.3) is 11.0 Å². The minimum Gasteiger partial charge on any atom is -0.463 e. The van der Waals surface area contributed by atoms with E-state index in [-0.39, 0.29) is 17.9 Å². The maximum absolute atomic E-state index is 12.2. The molecule has 1 fully saturated rings. The Hall–Kier alpha value is -1.81. The van der Waals surface area contributed by atoms with Crippen LogP contribution in [0.1, 0.15) is 36.0 Å². The van der Waals surface area contributed by atoms with Crippen molar-refractivity contribution < 1.29 is 14.3 Å². The molecule has 2 N–H and O–H groups in total. The zero-order valence-electron chi connectivity index (χ0n) is 11.3. The number of aliphatic hydroxyl groups is 1. The van der Waals surface area contributed by atoms with Gasteiger partial charge in [0.1, 0.15) is 11.8 Å². The number of rotatable bonds is 3. The third-order valence-corrected chi connectivity index (χ3v) is 4.12. The van der Waals surface area contributed by atoms with Gasteiger partial charge in [-0.05, 0) is 18.9 Å². The highest BCUT2D eigenvalue weighted by atomic mass is 16.3. The molecule has 4 nitrogen and oxygen atoms in total. The van der Waals surface area contributed by atoms with Crippen molar-refractivity contribution in [2.24, 2.45) is 5.92 Å². The Labute approximate surface area is 117 Å². The molecule has 1 saturated carbocycles. The molecular formula is C16H19NO3. The van der Waals surface area contributed by atoms with Crippen LogP contribution in [0.4, 0.5) is 0 Å². The molecule has 0 bridgehead atoms. The lowest BCUT2D eigenvalue weighted by atomic mass is 9.86. The van der Waals surface area contributed by atoms with E-state index >= 15 is 0 Å². The zero-order valence-corrected chi connectivity index (χ0v) is 11.3. The summed E-state index contributed by atoms with van der Waals surface area (Å²) in [5, 5.41) is 13.7. The van der Waals surface area contributed by atoms with Crippen LogP contribution < -0.4 is 5.32 Å². The number of furan rings is 1. The highest BCUT2D eigenvalue weighted by molar-refractivity contribution is 6.05. The van der Waals surface area contributed by atoms with E-state index in [1.54, 1.807) is 0 Å². The molecule has 1 heterocycles. The van der Waals surface area contributed by atoms with Crippen LogP contribution in [-0.2, 0) is 0 Å². The van der Waals surface area contributed by atoms with Gasteiger partial charge in [-0.25, -0.2) is 0 Å². The van der Waals surface area contributed by atoms with Crippen molar-refractivity contribution in [1.29, 1.82) is 0 Å². The van der Waals surface area contributed by atoms with E-state index in [0.29, 0.717) is 12.1 Å². The summed E-state index contributed by atoms with van der Waals surface area (Å²) in [7, 11) is 0. The molecule has 0 aliphatic heterocycles. The van der Waals surface area contributed by atoms with Gasteiger partial charge >= 0.3 is 0 Å². The van der Waals surface area contributed by atoms with Gasteiger partial charge in [-0.15, -0.1) is 0 Å². The Kier molecular flexibility index (Phi) is 3.74. The normalized spacial score (nSPS) is 22.9. The summed E-state index contributed by atoms with van der Waals surface area (Å²) in [6.45, 7) is 0.527. The number of benzene rings is 1. The lowest BCUT2D eigenvalue weighted by Gasteiger charge is -2.27. The van der Waals surface area contributed by atoms with Crippen LogP contribution in [0.5, 0.6) is 0 Å². The average Bonchev–Trinajstić information content (AvgIpc) is 2.90. The quantitative estimate of drug-likeness (QED) is 0.903. The van der Waals surface area contributed by atoms with Crippen molar-refractivity contribution in [3.63, 3.8) is 0 Å². The molecule has 0 saturated heterocycles. The lowest BCUT2D eigenvalue weighted by molar-refractivity contribution is 0.0663. The van der Waals surface area contributed by atoms with E-state index in [1.807, 2.05) is 24.3 Å². The highest BCUT2D eigenvalue weighted by Gasteiger charge is 2.24. The van der Waals surface area contributed by atoms with Gasteiger partial charge < -0.3 is 14.8 Å². The van der Waals surface area contributed by atoms with Crippen molar-refractivity contribution in [1.82, 2.24) is 5.32 Å². The maximum Gasteiger partial charge on any atom is 0.255 e. The number of amides is 1. The minimum atomic E-state index is -0.287. The molecular weight excluding hydrogens is 254 g/mol. The third-order valence-electron chi connectivity index (χ3n) is 4.12. The summed E-state index contributed by atoms with van der Waals surface area (Å²) in [5.41, 5.74) is 1.28.